The highest BCUT2D eigenvalue weighted by Gasteiger charge is 2.12. The lowest BCUT2D eigenvalue weighted by atomic mass is 9.92. The molecule has 0 N–H and O–H groups in total. The monoisotopic (exact) mass is 502 g/mol. The van der Waals surface area contributed by atoms with Gasteiger partial charge in [0.05, 0.1) is 0 Å². The van der Waals surface area contributed by atoms with Crippen LogP contribution in [-0.2, 0) is 0 Å². The molecule has 0 saturated heterocycles. The third-order valence-electron chi connectivity index (χ3n) is 6.87. The first-order valence-corrected chi connectivity index (χ1v) is 14.2. The van der Waals surface area contributed by atoms with E-state index in [1.165, 1.54) is 47.7 Å². The first kappa shape index (κ1) is 29.7. The van der Waals surface area contributed by atoms with Gasteiger partial charge in [0.2, 0.25) is 0 Å². The van der Waals surface area contributed by atoms with Crippen LogP contribution >= 0.6 is 8.58 Å². The Hall–Kier alpha value is -2.50. The van der Waals surface area contributed by atoms with Crippen LogP contribution in [0.3, 0.4) is 0 Å². The van der Waals surface area contributed by atoms with Gasteiger partial charge in [0.15, 0.2) is 0 Å². The number of unbranched alkanes of at least 4 members (excludes halogenated alkanes) is 1. The number of hydrogen-bond donors (Lipinski definition) is 0. The van der Waals surface area contributed by atoms with Crippen molar-refractivity contribution in [2.75, 3.05) is 0 Å². The fourth-order valence-corrected chi connectivity index (χ4v) is 6.01. The number of halogens is 1. The van der Waals surface area contributed by atoms with Gasteiger partial charge in [0.25, 0.3) is 0 Å². The van der Waals surface area contributed by atoms with Gasteiger partial charge in [-0.15, -0.1) is 0 Å². The zero-order valence-corrected chi connectivity index (χ0v) is 24.4. The smallest absolute Gasteiger partial charge is 0.123 e. The molecule has 192 valence electrons. The van der Waals surface area contributed by atoms with Crippen molar-refractivity contribution < 1.29 is 4.39 Å². The summed E-state index contributed by atoms with van der Waals surface area (Å²) in [4.78, 5) is 0. The second-order valence-corrected chi connectivity index (χ2v) is 11.4. The van der Waals surface area contributed by atoms with Crippen molar-refractivity contribution in [1.82, 2.24) is 0 Å². The van der Waals surface area contributed by atoms with E-state index in [2.05, 4.69) is 91.1 Å². The van der Waals surface area contributed by atoms with Crippen molar-refractivity contribution in [1.29, 1.82) is 0 Å². The van der Waals surface area contributed by atoms with E-state index in [1.54, 1.807) is 6.07 Å². The van der Waals surface area contributed by atoms with Crippen LogP contribution in [0.2, 0.25) is 0 Å². The Morgan fingerprint density at radius 3 is 2.22 bits per heavy atom. The van der Waals surface area contributed by atoms with Gasteiger partial charge in [-0.05, 0) is 109 Å². The predicted molar refractivity (Wildman–Crippen MR) is 164 cm³/mol. The summed E-state index contributed by atoms with van der Waals surface area (Å²) in [5, 5.41) is 1.49. The molecule has 0 bridgehead atoms. The van der Waals surface area contributed by atoms with Crippen LogP contribution in [0.1, 0.15) is 88.1 Å². The molecule has 36 heavy (non-hydrogen) atoms. The average molecular weight is 503 g/mol. The zero-order valence-electron chi connectivity index (χ0n) is 23.4. The topological polar surface area (TPSA) is 0 Å². The first-order chi connectivity index (χ1) is 17.1. The Kier molecular flexibility index (Phi) is 11.8. The molecule has 0 aliphatic carbocycles. The van der Waals surface area contributed by atoms with E-state index < -0.39 is 5.83 Å². The molecule has 2 heteroatoms. The van der Waals surface area contributed by atoms with Crippen LogP contribution in [0.4, 0.5) is 4.39 Å². The second-order valence-electron chi connectivity index (χ2n) is 9.75. The molecule has 0 aromatic heterocycles. The van der Waals surface area contributed by atoms with Crippen LogP contribution in [0, 0.1) is 13.8 Å². The number of hydrogen-bond acceptors (Lipinski definition) is 0. The molecule has 2 aromatic rings. The predicted octanol–water partition coefficient (Wildman–Crippen LogP) is 10.5. The van der Waals surface area contributed by atoms with Crippen LogP contribution in [0.25, 0.3) is 17.0 Å². The zero-order chi connectivity index (χ0) is 26.8. The SMILES string of the molecule is C=C(/C=C(\C)c1ccc(C(=C)F)cc1C)/C(C)=C(\C=C/C)c1ccc(PC(CC)CCCC)c(C)c1. The molecular formula is C34H44FP. The summed E-state index contributed by atoms with van der Waals surface area (Å²) in [5.41, 5.74) is 10.5. The molecule has 0 nitrogen and oxygen atoms in total. The van der Waals surface area contributed by atoms with Gasteiger partial charge in [-0.1, -0.05) is 97.0 Å². The van der Waals surface area contributed by atoms with E-state index in [4.69, 9.17) is 0 Å². The summed E-state index contributed by atoms with van der Waals surface area (Å²) >= 11 is 0. The number of allylic oxidation sites excluding steroid dienone is 7. The number of benzene rings is 2. The van der Waals surface area contributed by atoms with Crippen LogP contribution < -0.4 is 5.30 Å². The third kappa shape index (κ3) is 8.01. The first-order valence-electron chi connectivity index (χ1n) is 13.2. The molecule has 0 heterocycles. The quantitative estimate of drug-likeness (QED) is 0.200. The van der Waals surface area contributed by atoms with Gasteiger partial charge in [-0.25, -0.2) is 4.39 Å². The molecule has 0 aliphatic rings. The van der Waals surface area contributed by atoms with Gasteiger partial charge in [-0.2, -0.15) is 0 Å². The molecule has 0 spiro atoms. The van der Waals surface area contributed by atoms with Crippen molar-refractivity contribution in [2.24, 2.45) is 0 Å². The molecule has 0 radical (unpaired) electrons. The number of aryl methyl sites for hydroxylation is 2. The minimum Gasteiger partial charge on any atom is -0.207 e. The third-order valence-corrected chi connectivity index (χ3v) is 8.85. The lowest BCUT2D eigenvalue weighted by molar-refractivity contribution is 0.668. The normalized spacial score (nSPS) is 13.9. The second kappa shape index (κ2) is 14.3. The van der Waals surface area contributed by atoms with Gasteiger partial charge in [0, 0.05) is 5.56 Å². The van der Waals surface area contributed by atoms with Crippen molar-refractivity contribution >= 4 is 30.9 Å². The molecule has 0 fully saturated rings. The highest BCUT2D eigenvalue weighted by atomic mass is 31.1. The molecule has 2 unspecified atom stereocenters. The fraction of sp³-hybridized carbons (Fsp3) is 0.353. The number of rotatable bonds is 12. The lowest BCUT2D eigenvalue weighted by Gasteiger charge is -2.18. The van der Waals surface area contributed by atoms with E-state index in [0.29, 0.717) is 5.56 Å². The lowest BCUT2D eigenvalue weighted by Crippen LogP contribution is -2.09. The molecule has 0 amide bonds. The standard InChI is InChI=1S/C34H44FP/c1-10-13-15-31(12-3)36-34-19-17-30(22-26(34)7)33(14-11-2)27(8)23(4)20-24(5)32-18-16-29(28(9)35)21-25(32)6/h11,14,16-22,31,36H,4,9-10,12-13,15H2,1-3,5-8H3/b14-11-,24-20+,33-27+. The maximum atomic E-state index is 13.5. The summed E-state index contributed by atoms with van der Waals surface area (Å²) in [5.74, 6) is -0.404. The van der Waals surface area contributed by atoms with Crippen molar-refractivity contribution in [3.8, 4) is 0 Å². The Labute approximate surface area is 221 Å². The van der Waals surface area contributed by atoms with Gasteiger partial charge >= 0.3 is 0 Å². The fourth-order valence-electron chi connectivity index (χ4n) is 4.54. The van der Waals surface area contributed by atoms with E-state index in [0.717, 1.165) is 42.1 Å². The van der Waals surface area contributed by atoms with Gasteiger partial charge in [0.1, 0.15) is 5.83 Å². The van der Waals surface area contributed by atoms with Crippen molar-refractivity contribution in [3.63, 3.8) is 0 Å². The largest absolute Gasteiger partial charge is 0.207 e. The minimum atomic E-state index is -0.404. The van der Waals surface area contributed by atoms with E-state index in [-0.39, 0.29) is 0 Å². The van der Waals surface area contributed by atoms with Crippen molar-refractivity contribution in [3.05, 3.63) is 107 Å². The maximum absolute atomic E-state index is 13.5. The molecule has 0 aliphatic heterocycles. The Balaban J connectivity index is 2.37. The van der Waals surface area contributed by atoms with E-state index in [1.807, 2.05) is 19.1 Å². The Morgan fingerprint density at radius 1 is 1.00 bits per heavy atom. The van der Waals surface area contributed by atoms with Crippen LogP contribution in [-0.4, -0.2) is 5.66 Å². The summed E-state index contributed by atoms with van der Waals surface area (Å²) in [6.07, 6.45) is 11.6. The maximum Gasteiger partial charge on any atom is 0.123 e. The van der Waals surface area contributed by atoms with Crippen molar-refractivity contribution in [2.45, 2.75) is 79.8 Å². The highest BCUT2D eigenvalue weighted by molar-refractivity contribution is 7.48. The highest BCUT2D eigenvalue weighted by Crippen LogP contribution is 2.32. The van der Waals surface area contributed by atoms with Gasteiger partial charge in [-0.3, -0.25) is 0 Å². The average Bonchev–Trinajstić information content (AvgIpc) is 2.85. The Bertz CT molecular complexity index is 1180. The molecule has 2 rings (SSSR count). The molecule has 0 saturated carbocycles. The molecule has 2 atom stereocenters. The van der Waals surface area contributed by atoms with E-state index >= 15 is 0 Å². The van der Waals surface area contributed by atoms with Crippen LogP contribution in [0.5, 0.6) is 0 Å². The summed E-state index contributed by atoms with van der Waals surface area (Å²) in [6, 6.07) is 12.5. The Morgan fingerprint density at radius 2 is 1.67 bits per heavy atom. The van der Waals surface area contributed by atoms with E-state index in [9.17, 15) is 4.39 Å². The summed E-state index contributed by atoms with van der Waals surface area (Å²) in [6.45, 7) is 23.0. The molecular weight excluding hydrogens is 458 g/mol. The molecule has 2 aromatic carbocycles. The summed E-state index contributed by atoms with van der Waals surface area (Å²) in [7, 11) is 0.871. The van der Waals surface area contributed by atoms with Gasteiger partial charge < -0.3 is 0 Å². The van der Waals surface area contributed by atoms with Crippen LogP contribution in [0.15, 0.2) is 78.9 Å². The summed E-state index contributed by atoms with van der Waals surface area (Å²) < 4.78 is 13.5. The minimum absolute atomic E-state index is 0.404.